The largest absolute Gasteiger partial charge is 0.318 e. The highest BCUT2D eigenvalue weighted by molar-refractivity contribution is 5.02. The Balaban J connectivity index is 1.93. The molecule has 1 heterocycles. The van der Waals surface area contributed by atoms with Crippen LogP contribution in [0.4, 0.5) is 0 Å². The van der Waals surface area contributed by atoms with Gasteiger partial charge in [0.25, 0.3) is 0 Å². The van der Waals surface area contributed by atoms with E-state index in [1.54, 1.807) is 0 Å². The Hall–Kier alpha value is -0.900. The van der Waals surface area contributed by atoms with Gasteiger partial charge in [0.15, 0.2) is 5.82 Å². The average molecular weight is 166 g/mol. The first-order valence-corrected chi connectivity index (χ1v) is 4.44. The molecule has 12 heavy (non-hydrogen) atoms. The predicted molar refractivity (Wildman–Crippen MR) is 45.9 cm³/mol. The van der Waals surface area contributed by atoms with Crippen molar-refractivity contribution in [2.24, 2.45) is 0 Å². The SMILES string of the molecule is CNCCn1cnc(C2CC2)n1. The van der Waals surface area contributed by atoms with Gasteiger partial charge < -0.3 is 5.32 Å². The molecule has 1 aliphatic rings. The summed E-state index contributed by atoms with van der Waals surface area (Å²) in [6, 6.07) is 0. The van der Waals surface area contributed by atoms with Crippen molar-refractivity contribution in [1.29, 1.82) is 0 Å². The number of likely N-dealkylation sites (N-methyl/N-ethyl adjacent to an activating group) is 1. The van der Waals surface area contributed by atoms with E-state index < -0.39 is 0 Å². The average Bonchev–Trinajstić information content (AvgIpc) is 2.83. The van der Waals surface area contributed by atoms with Gasteiger partial charge >= 0.3 is 0 Å². The molecule has 66 valence electrons. The van der Waals surface area contributed by atoms with Crippen LogP contribution >= 0.6 is 0 Å². The molecule has 0 amide bonds. The first-order valence-electron chi connectivity index (χ1n) is 4.44. The third kappa shape index (κ3) is 1.64. The molecule has 1 saturated carbocycles. The summed E-state index contributed by atoms with van der Waals surface area (Å²) in [6.07, 6.45) is 4.37. The molecule has 1 aromatic heterocycles. The Morgan fingerprint density at radius 3 is 3.17 bits per heavy atom. The standard InChI is InChI=1S/C8H14N4/c1-9-4-5-12-6-10-8(11-12)7-2-3-7/h6-7,9H,2-5H2,1H3. The fraction of sp³-hybridized carbons (Fsp3) is 0.750. The van der Waals surface area contributed by atoms with Crippen LogP contribution in [0.15, 0.2) is 6.33 Å². The summed E-state index contributed by atoms with van der Waals surface area (Å²) < 4.78 is 1.91. The quantitative estimate of drug-likeness (QED) is 0.703. The van der Waals surface area contributed by atoms with Crippen LogP contribution in [0, 0.1) is 0 Å². The van der Waals surface area contributed by atoms with Crippen molar-refractivity contribution >= 4 is 0 Å². The lowest BCUT2D eigenvalue weighted by Crippen LogP contribution is -2.15. The molecule has 0 aliphatic heterocycles. The molecule has 0 unspecified atom stereocenters. The Kier molecular flexibility index (Phi) is 2.08. The van der Waals surface area contributed by atoms with Gasteiger partial charge in [-0.25, -0.2) is 4.98 Å². The molecule has 4 heteroatoms. The van der Waals surface area contributed by atoms with Gasteiger partial charge in [-0.15, -0.1) is 0 Å². The van der Waals surface area contributed by atoms with Gasteiger partial charge in [-0.05, 0) is 19.9 Å². The maximum Gasteiger partial charge on any atom is 0.153 e. The molecule has 1 aliphatic carbocycles. The normalized spacial score (nSPS) is 16.8. The summed E-state index contributed by atoms with van der Waals surface area (Å²) in [7, 11) is 1.94. The lowest BCUT2D eigenvalue weighted by atomic mass is 10.4. The maximum atomic E-state index is 4.38. The van der Waals surface area contributed by atoms with E-state index in [1.165, 1.54) is 12.8 Å². The third-order valence-electron chi connectivity index (χ3n) is 2.09. The molecule has 0 radical (unpaired) electrons. The van der Waals surface area contributed by atoms with Crippen molar-refractivity contribution in [1.82, 2.24) is 20.1 Å². The van der Waals surface area contributed by atoms with E-state index in [2.05, 4.69) is 15.4 Å². The van der Waals surface area contributed by atoms with Crippen LogP contribution in [0.1, 0.15) is 24.6 Å². The second-order valence-electron chi connectivity index (χ2n) is 3.24. The van der Waals surface area contributed by atoms with Crippen LogP contribution in [0.5, 0.6) is 0 Å². The van der Waals surface area contributed by atoms with Gasteiger partial charge in [-0.2, -0.15) is 5.10 Å². The highest BCUT2D eigenvalue weighted by Gasteiger charge is 2.27. The zero-order chi connectivity index (χ0) is 8.39. The first kappa shape index (κ1) is 7.73. The zero-order valence-corrected chi connectivity index (χ0v) is 7.32. The Morgan fingerprint density at radius 1 is 1.67 bits per heavy atom. The smallest absolute Gasteiger partial charge is 0.153 e. The highest BCUT2D eigenvalue weighted by atomic mass is 15.3. The monoisotopic (exact) mass is 166 g/mol. The van der Waals surface area contributed by atoms with Crippen LogP contribution in [0.2, 0.25) is 0 Å². The molecular formula is C8H14N4. The van der Waals surface area contributed by atoms with Gasteiger partial charge in [0.2, 0.25) is 0 Å². The van der Waals surface area contributed by atoms with Gasteiger partial charge in [0.05, 0.1) is 6.54 Å². The minimum absolute atomic E-state index is 0.667. The number of nitrogens with one attached hydrogen (secondary N) is 1. The Morgan fingerprint density at radius 2 is 2.50 bits per heavy atom. The molecule has 1 fully saturated rings. The Bertz CT molecular complexity index is 251. The fourth-order valence-corrected chi connectivity index (χ4v) is 1.17. The topological polar surface area (TPSA) is 42.7 Å². The lowest BCUT2D eigenvalue weighted by Gasteiger charge is -1.97. The molecule has 0 atom stereocenters. The van der Waals surface area contributed by atoms with Crippen LogP contribution in [-0.2, 0) is 6.54 Å². The number of hydrogen-bond donors (Lipinski definition) is 1. The second kappa shape index (κ2) is 3.23. The number of rotatable bonds is 4. The minimum atomic E-state index is 0.667. The summed E-state index contributed by atoms with van der Waals surface area (Å²) in [5.41, 5.74) is 0. The molecule has 0 saturated heterocycles. The van der Waals surface area contributed by atoms with Gasteiger partial charge in [-0.3, -0.25) is 4.68 Å². The van der Waals surface area contributed by atoms with Crippen molar-refractivity contribution in [3.05, 3.63) is 12.2 Å². The summed E-state index contributed by atoms with van der Waals surface area (Å²) >= 11 is 0. The highest BCUT2D eigenvalue weighted by Crippen LogP contribution is 2.37. The fourth-order valence-electron chi connectivity index (χ4n) is 1.17. The van der Waals surface area contributed by atoms with Crippen molar-refractivity contribution in [3.63, 3.8) is 0 Å². The second-order valence-corrected chi connectivity index (χ2v) is 3.24. The van der Waals surface area contributed by atoms with E-state index >= 15 is 0 Å². The van der Waals surface area contributed by atoms with Crippen molar-refractivity contribution < 1.29 is 0 Å². The molecule has 4 nitrogen and oxygen atoms in total. The Labute approximate surface area is 72.0 Å². The van der Waals surface area contributed by atoms with Crippen molar-refractivity contribution in [3.8, 4) is 0 Å². The van der Waals surface area contributed by atoms with Crippen LogP contribution in [0.3, 0.4) is 0 Å². The summed E-state index contributed by atoms with van der Waals surface area (Å²) in [5.74, 6) is 1.70. The number of aromatic nitrogens is 3. The van der Waals surface area contributed by atoms with Gasteiger partial charge in [-0.1, -0.05) is 0 Å². The van der Waals surface area contributed by atoms with E-state index in [4.69, 9.17) is 0 Å². The molecular weight excluding hydrogens is 152 g/mol. The molecule has 1 aromatic rings. The van der Waals surface area contributed by atoms with Crippen molar-refractivity contribution in [2.45, 2.75) is 25.3 Å². The molecule has 0 bridgehead atoms. The minimum Gasteiger partial charge on any atom is -0.318 e. The van der Waals surface area contributed by atoms with Gasteiger partial charge in [0.1, 0.15) is 6.33 Å². The zero-order valence-electron chi connectivity index (χ0n) is 7.32. The summed E-state index contributed by atoms with van der Waals surface area (Å²) in [5, 5.41) is 7.46. The third-order valence-corrected chi connectivity index (χ3v) is 2.09. The number of nitrogens with zero attached hydrogens (tertiary/aromatic N) is 3. The summed E-state index contributed by atoms with van der Waals surface area (Å²) in [4.78, 5) is 4.26. The van der Waals surface area contributed by atoms with E-state index in [-0.39, 0.29) is 0 Å². The van der Waals surface area contributed by atoms with E-state index in [0.29, 0.717) is 5.92 Å². The van der Waals surface area contributed by atoms with Crippen LogP contribution in [0.25, 0.3) is 0 Å². The van der Waals surface area contributed by atoms with Crippen LogP contribution in [-0.4, -0.2) is 28.4 Å². The molecule has 0 spiro atoms. The number of hydrogen-bond acceptors (Lipinski definition) is 3. The van der Waals surface area contributed by atoms with E-state index in [0.717, 1.165) is 18.9 Å². The first-order chi connectivity index (χ1) is 5.90. The van der Waals surface area contributed by atoms with E-state index in [9.17, 15) is 0 Å². The molecule has 1 N–H and O–H groups in total. The van der Waals surface area contributed by atoms with Crippen molar-refractivity contribution in [2.75, 3.05) is 13.6 Å². The van der Waals surface area contributed by atoms with E-state index in [1.807, 2.05) is 18.1 Å². The van der Waals surface area contributed by atoms with Crippen LogP contribution < -0.4 is 5.32 Å². The predicted octanol–water partition coefficient (Wildman–Crippen LogP) is 0.375. The van der Waals surface area contributed by atoms with Gasteiger partial charge in [0, 0.05) is 12.5 Å². The molecule has 2 rings (SSSR count). The molecule has 0 aromatic carbocycles. The maximum absolute atomic E-state index is 4.38. The summed E-state index contributed by atoms with van der Waals surface area (Å²) in [6.45, 7) is 1.86. The lowest BCUT2D eigenvalue weighted by molar-refractivity contribution is 0.578.